The van der Waals surface area contributed by atoms with Crippen molar-refractivity contribution in [2.45, 2.75) is 0 Å². The summed E-state index contributed by atoms with van der Waals surface area (Å²) < 4.78 is 1.95. The van der Waals surface area contributed by atoms with Gasteiger partial charge in [0.15, 0.2) is 11.5 Å². The highest BCUT2D eigenvalue weighted by Crippen LogP contribution is 2.24. The Balaban J connectivity index is 1.98. The zero-order valence-electron chi connectivity index (χ0n) is 11.6. The summed E-state index contributed by atoms with van der Waals surface area (Å²) >= 11 is 0. The standard InChI is InChI=1S/C17H11N5/c18-9-11-5-7-12(8-6-11)14-10-22-15-4-2-1-3-13(15)21-17(22)16(19)20-14/h1-8,10H,(H2,19,20). The third kappa shape index (κ3) is 1.79. The van der Waals surface area contributed by atoms with Crippen molar-refractivity contribution in [2.75, 3.05) is 5.73 Å². The van der Waals surface area contributed by atoms with Gasteiger partial charge in [0.1, 0.15) is 0 Å². The highest BCUT2D eigenvalue weighted by Gasteiger charge is 2.10. The molecule has 4 aromatic rings. The molecule has 0 saturated heterocycles. The van der Waals surface area contributed by atoms with Crippen LogP contribution in [0, 0.1) is 11.3 Å². The predicted octanol–water partition coefficient (Wildman–Crippen LogP) is 3.00. The van der Waals surface area contributed by atoms with Gasteiger partial charge in [0.25, 0.3) is 0 Å². The van der Waals surface area contributed by atoms with E-state index in [0.717, 1.165) is 22.3 Å². The number of nitrogens with two attached hydrogens (primary N) is 1. The second-order valence-corrected chi connectivity index (χ2v) is 4.99. The smallest absolute Gasteiger partial charge is 0.180 e. The maximum Gasteiger partial charge on any atom is 0.180 e. The van der Waals surface area contributed by atoms with Crippen molar-refractivity contribution in [2.24, 2.45) is 0 Å². The van der Waals surface area contributed by atoms with Crippen LogP contribution in [0.4, 0.5) is 5.82 Å². The van der Waals surface area contributed by atoms with Crippen LogP contribution in [0.15, 0.2) is 54.7 Å². The highest BCUT2D eigenvalue weighted by molar-refractivity contribution is 5.84. The molecule has 2 N–H and O–H groups in total. The molecule has 0 aliphatic carbocycles. The lowest BCUT2D eigenvalue weighted by atomic mass is 10.1. The average molecular weight is 285 g/mol. The van der Waals surface area contributed by atoms with Crippen molar-refractivity contribution < 1.29 is 0 Å². The van der Waals surface area contributed by atoms with Crippen LogP contribution in [0.2, 0.25) is 0 Å². The minimum absolute atomic E-state index is 0.387. The van der Waals surface area contributed by atoms with Crippen LogP contribution in [-0.2, 0) is 0 Å². The van der Waals surface area contributed by atoms with Crippen molar-refractivity contribution in [3.05, 3.63) is 60.3 Å². The fourth-order valence-corrected chi connectivity index (χ4v) is 2.54. The zero-order chi connectivity index (χ0) is 15.1. The molecule has 0 aliphatic heterocycles. The molecule has 0 aliphatic rings. The Morgan fingerprint density at radius 3 is 2.55 bits per heavy atom. The molecule has 0 saturated carbocycles. The third-order valence-electron chi connectivity index (χ3n) is 3.63. The first-order valence-electron chi connectivity index (χ1n) is 6.80. The summed E-state index contributed by atoms with van der Waals surface area (Å²) in [6.45, 7) is 0. The van der Waals surface area contributed by atoms with Gasteiger partial charge in [-0.1, -0.05) is 24.3 Å². The van der Waals surface area contributed by atoms with E-state index < -0.39 is 0 Å². The van der Waals surface area contributed by atoms with Crippen LogP contribution in [-0.4, -0.2) is 14.4 Å². The van der Waals surface area contributed by atoms with E-state index in [4.69, 9.17) is 11.0 Å². The number of nitrogens with zero attached hydrogens (tertiary/aromatic N) is 4. The number of hydrogen-bond acceptors (Lipinski definition) is 4. The van der Waals surface area contributed by atoms with Crippen molar-refractivity contribution in [3.8, 4) is 17.3 Å². The minimum atomic E-state index is 0.387. The van der Waals surface area contributed by atoms with Gasteiger partial charge in [0, 0.05) is 11.8 Å². The second kappa shape index (κ2) is 4.57. The predicted molar refractivity (Wildman–Crippen MR) is 85.1 cm³/mol. The van der Waals surface area contributed by atoms with Gasteiger partial charge in [-0.05, 0) is 24.3 Å². The van der Waals surface area contributed by atoms with Gasteiger partial charge in [-0.2, -0.15) is 5.26 Å². The molecule has 0 fully saturated rings. The van der Waals surface area contributed by atoms with Crippen LogP contribution in [0.25, 0.3) is 27.9 Å². The van der Waals surface area contributed by atoms with Crippen LogP contribution in [0.5, 0.6) is 0 Å². The number of imidazole rings is 1. The summed E-state index contributed by atoms with van der Waals surface area (Å²) in [7, 11) is 0. The number of fused-ring (bicyclic) bond motifs is 3. The first kappa shape index (κ1) is 12.4. The van der Waals surface area contributed by atoms with Crippen molar-refractivity contribution in [3.63, 3.8) is 0 Å². The van der Waals surface area contributed by atoms with Gasteiger partial charge < -0.3 is 5.73 Å². The lowest BCUT2D eigenvalue weighted by Gasteiger charge is -2.05. The first-order chi connectivity index (χ1) is 10.8. The minimum Gasteiger partial charge on any atom is -0.381 e. The van der Waals surface area contributed by atoms with Gasteiger partial charge in [0.2, 0.25) is 0 Å². The summed E-state index contributed by atoms with van der Waals surface area (Å²) in [5.41, 5.74) is 10.9. The molecule has 0 radical (unpaired) electrons. The summed E-state index contributed by atoms with van der Waals surface area (Å²) in [6, 6.07) is 17.2. The fraction of sp³-hybridized carbons (Fsp3) is 0. The SMILES string of the molecule is N#Cc1ccc(-c2cn3c(nc4ccccc43)c(N)n2)cc1. The van der Waals surface area contributed by atoms with E-state index in [1.165, 1.54) is 0 Å². The fourth-order valence-electron chi connectivity index (χ4n) is 2.54. The van der Waals surface area contributed by atoms with Gasteiger partial charge in [0.05, 0.1) is 28.4 Å². The van der Waals surface area contributed by atoms with Crippen LogP contribution < -0.4 is 5.73 Å². The second-order valence-electron chi connectivity index (χ2n) is 4.99. The highest BCUT2D eigenvalue weighted by atomic mass is 15.1. The van der Waals surface area contributed by atoms with E-state index in [1.54, 1.807) is 12.1 Å². The van der Waals surface area contributed by atoms with Gasteiger partial charge in [-0.15, -0.1) is 0 Å². The molecule has 4 rings (SSSR count). The van der Waals surface area contributed by atoms with Crippen LogP contribution >= 0.6 is 0 Å². The Hall–Kier alpha value is -3.39. The summed E-state index contributed by atoms with van der Waals surface area (Å²) in [6.07, 6.45) is 1.92. The van der Waals surface area contributed by atoms with Crippen LogP contribution in [0.3, 0.4) is 0 Å². The lowest BCUT2D eigenvalue weighted by Crippen LogP contribution is -1.99. The van der Waals surface area contributed by atoms with E-state index in [-0.39, 0.29) is 0 Å². The number of benzene rings is 2. The number of para-hydroxylation sites is 2. The average Bonchev–Trinajstić information content (AvgIpc) is 2.94. The van der Waals surface area contributed by atoms with Crippen molar-refractivity contribution in [1.29, 1.82) is 5.26 Å². The van der Waals surface area contributed by atoms with Crippen molar-refractivity contribution >= 4 is 22.5 Å². The summed E-state index contributed by atoms with van der Waals surface area (Å²) in [4.78, 5) is 8.94. The Kier molecular flexibility index (Phi) is 2.57. The molecule has 0 bridgehead atoms. The Morgan fingerprint density at radius 1 is 1.00 bits per heavy atom. The summed E-state index contributed by atoms with van der Waals surface area (Å²) in [5, 5.41) is 8.88. The summed E-state index contributed by atoms with van der Waals surface area (Å²) in [5.74, 6) is 0.387. The topological polar surface area (TPSA) is 80.0 Å². The molecular formula is C17H11N5. The van der Waals surface area contributed by atoms with E-state index in [9.17, 15) is 0 Å². The van der Waals surface area contributed by atoms with Gasteiger partial charge in [-0.3, -0.25) is 4.40 Å². The molecule has 22 heavy (non-hydrogen) atoms. The zero-order valence-corrected chi connectivity index (χ0v) is 11.6. The number of hydrogen-bond donors (Lipinski definition) is 1. The molecular weight excluding hydrogens is 274 g/mol. The van der Waals surface area contributed by atoms with E-state index in [2.05, 4.69) is 16.0 Å². The number of nitriles is 1. The Labute approximate surface area is 126 Å². The third-order valence-corrected chi connectivity index (χ3v) is 3.63. The maximum absolute atomic E-state index is 8.88. The normalized spacial score (nSPS) is 10.9. The molecule has 5 nitrogen and oxygen atoms in total. The van der Waals surface area contributed by atoms with E-state index >= 15 is 0 Å². The molecule has 0 spiro atoms. The lowest BCUT2D eigenvalue weighted by molar-refractivity contribution is 1.17. The Morgan fingerprint density at radius 2 is 1.77 bits per heavy atom. The van der Waals surface area contributed by atoms with Gasteiger partial charge in [-0.25, -0.2) is 9.97 Å². The number of aromatic nitrogens is 3. The maximum atomic E-state index is 8.88. The molecule has 104 valence electrons. The Bertz CT molecular complexity index is 1040. The van der Waals surface area contributed by atoms with Crippen LogP contribution in [0.1, 0.15) is 5.56 Å². The van der Waals surface area contributed by atoms with Crippen molar-refractivity contribution in [1.82, 2.24) is 14.4 Å². The number of nitrogen functional groups attached to an aromatic ring is 1. The van der Waals surface area contributed by atoms with E-state index in [0.29, 0.717) is 17.0 Å². The molecule has 0 atom stereocenters. The first-order valence-corrected chi connectivity index (χ1v) is 6.80. The molecule has 0 amide bonds. The van der Waals surface area contributed by atoms with Gasteiger partial charge >= 0.3 is 0 Å². The number of rotatable bonds is 1. The molecule has 2 aromatic carbocycles. The molecule has 2 heterocycles. The van der Waals surface area contributed by atoms with E-state index in [1.807, 2.05) is 47.0 Å². The molecule has 0 unspecified atom stereocenters. The largest absolute Gasteiger partial charge is 0.381 e. The number of anilines is 1. The quantitative estimate of drug-likeness (QED) is 0.583. The molecule has 2 aromatic heterocycles. The monoisotopic (exact) mass is 285 g/mol. The molecule has 5 heteroatoms.